The second-order valence-corrected chi connectivity index (χ2v) is 8.70. The number of nitrogens with one attached hydrogen (secondary N) is 1. The molecule has 0 aliphatic carbocycles. The van der Waals surface area contributed by atoms with Crippen LogP contribution in [0.5, 0.6) is 0 Å². The molecular weight excluding hydrogens is 433 g/mol. The highest BCUT2D eigenvalue weighted by molar-refractivity contribution is 6.03. The Morgan fingerprint density at radius 1 is 0.941 bits per heavy atom. The maximum Gasteiger partial charge on any atom is 0.254 e. The summed E-state index contributed by atoms with van der Waals surface area (Å²) in [5.41, 5.74) is 4.05. The summed E-state index contributed by atoms with van der Waals surface area (Å²) in [7, 11) is 0. The molecule has 172 valence electrons. The minimum absolute atomic E-state index is 0.00830. The lowest BCUT2D eigenvalue weighted by molar-refractivity contribution is -0.122. The Kier molecular flexibility index (Phi) is 5.84. The first-order chi connectivity index (χ1) is 16.5. The van der Waals surface area contributed by atoms with Gasteiger partial charge in [-0.25, -0.2) is 4.39 Å². The zero-order valence-corrected chi connectivity index (χ0v) is 18.5. The summed E-state index contributed by atoms with van der Waals surface area (Å²) in [4.78, 5) is 41.5. The minimum Gasteiger partial charge on any atom is -0.334 e. The quantitative estimate of drug-likeness (QED) is 0.644. The van der Waals surface area contributed by atoms with Crippen molar-refractivity contribution in [3.8, 4) is 0 Å². The normalized spacial score (nSPS) is 17.4. The number of nitrogens with zero attached hydrogens (tertiary/aromatic N) is 2. The lowest BCUT2D eigenvalue weighted by Gasteiger charge is -2.29. The molecule has 34 heavy (non-hydrogen) atoms. The van der Waals surface area contributed by atoms with Crippen LogP contribution in [0, 0.1) is 11.7 Å². The van der Waals surface area contributed by atoms with Crippen LogP contribution in [0.25, 0.3) is 0 Å². The first-order valence-corrected chi connectivity index (χ1v) is 11.3. The van der Waals surface area contributed by atoms with Crippen molar-refractivity contribution in [3.05, 3.63) is 95.3 Å². The van der Waals surface area contributed by atoms with Crippen molar-refractivity contribution in [3.63, 3.8) is 0 Å². The van der Waals surface area contributed by atoms with Gasteiger partial charge in [-0.15, -0.1) is 0 Å². The standard InChI is InChI=1S/C27H24FN3O3/c28-22-7-10-24(11-8-22)31-17-21(15-25(31)32)26(33)29-23-9-6-18-12-13-30(16-20(18)14-23)27(34)19-4-2-1-3-5-19/h1-11,14,21H,12-13,15-17H2,(H,29,33)/t21-/m0/s1. The van der Waals surface area contributed by atoms with Gasteiger partial charge in [0.25, 0.3) is 5.91 Å². The molecule has 0 spiro atoms. The van der Waals surface area contributed by atoms with Gasteiger partial charge < -0.3 is 15.1 Å². The largest absolute Gasteiger partial charge is 0.334 e. The maximum absolute atomic E-state index is 13.2. The number of carbonyl (C=O) groups is 3. The molecule has 0 bridgehead atoms. The molecule has 1 atom stereocenters. The number of fused-ring (bicyclic) bond motifs is 1. The van der Waals surface area contributed by atoms with Gasteiger partial charge in [-0.2, -0.15) is 0 Å². The number of amides is 3. The third kappa shape index (κ3) is 4.41. The summed E-state index contributed by atoms with van der Waals surface area (Å²) in [5.74, 6) is -1.27. The molecule has 2 aliphatic rings. The van der Waals surface area contributed by atoms with Gasteiger partial charge in [0, 0.05) is 43.0 Å². The van der Waals surface area contributed by atoms with Crippen molar-refractivity contribution in [1.29, 1.82) is 0 Å². The first-order valence-electron chi connectivity index (χ1n) is 11.3. The van der Waals surface area contributed by atoms with E-state index >= 15 is 0 Å². The lowest BCUT2D eigenvalue weighted by Crippen LogP contribution is -2.36. The van der Waals surface area contributed by atoms with Gasteiger partial charge in [0.2, 0.25) is 11.8 Å². The van der Waals surface area contributed by atoms with E-state index in [1.165, 1.54) is 17.0 Å². The Bertz CT molecular complexity index is 1240. The fraction of sp³-hybridized carbons (Fsp3) is 0.222. The zero-order chi connectivity index (χ0) is 23.7. The van der Waals surface area contributed by atoms with Gasteiger partial charge in [0.05, 0.1) is 5.92 Å². The summed E-state index contributed by atoms with van der Waals surface area (Å²) in [6, 6.07) is 20.6. The van der Waals surface area contributed by atoms with Crippen molar-refractivity contribution in [2.45, 2.75) is 19.4 Å². The lowest BCUT2D eigenvalue weighted by atomic mass is 9.98. The fourth-order valence-electron chi connectivity index (χ4n) is 4.57. The average Bonchev–Trinajstić information content (AvgIpc) is 3.26. The van der Waals surface area contributed by atoms with E-state index in [9.17, 15) is 18.8 Å². The van der Waals surface area contributed by atoms with Crippen LogP contribution in [0.1, 0.15) is 27.9 Å². The van der Waals surface area contributed by atoms with E-state index in [2.05, 4.69) is 5.32 Å². The second kappa shape index (κ2) is 9.09. The number of hydrogen-bond donors (Lipinski definition) is 1. The van der Waals surface area contributed by atoms with Crippen molar-refractivity contribution in [2.24, 2.45) is 5.92 Å². The van der Waals surface area contributed by atoms with E-state index < -0.39 is 5.92 Å². The van der Waals surface area contributed by atoms with Crippen LogP contribution >= 0.6 is 0 Å². The smallest absolute Gasteiger partial charge is 0.254 e. The third-order valence-electron chi connectivity index (χ3n) is 6.43. The summed E-state index contributed by atoms with van der Waals surface area (Å²) in [5, 5.41) is 2.93. The highest BCUT2D eigenvalue weighted by Crippen LogP contribution is 2.28. The van der Waals surface area contributed by atoms with Gasteiger partial charge in [-0.05, 0) is 66.1 Å². The SMILES string of the molecule is O=C(Nc1ccc2c(c1)CN(C(=O)c1ccccc1)CC2)[C@H]1CC(=O)N(c2ccc(F)cc2)C1. The van der Waals surface area contributed by atoms with Gasteiger partial charge in [0.1, 0.15) is 5.82 Å². The zero-order valence-electron chi connectivity index (χ0n) is 18.5. The summed E-state index contributed by atoms with van der Waals surface area (Å²) in [6.07, 6.45) is 0.861. The number of benzene rings is 3. The molecule has 2 heterocycles. The predicted molar refractivity (Wildman–Crippen MR) is 127 cm³/mol. The third-order valence-corrected chi connectivity index (χ3v) is 6.43. The molecule has 3 amide bonds. The Labute approximate surface area is 197 Å². The van der Waals surface area contributed by atoms with Crippen LogP contribution in [-0.2, 0) is 22.6 Å². The average molecular weight is 458 g/mol. The van der Waals surface area contributed by atoms with Crippen LogP contribution in [-0.4, -0.2) is 35.7 Å². The van der Waals surface area contributed by atoms with Crippen LogP contribution in [0.4, 0.5) is 15.8 Å². The Morgan fingerprint density at radius 3 is 2.47 bits per heavy atom. The Morgan fingerprint density at radius 2 is 1.71 bits per heavy atom. The second-order valence-electron chi connectivity index (χ2n) is 8.70. The molecule has 1 N–H and O–H groups in total. The summed E-state index contributed by atoms with van der Waals surface area (Å²) < 4.78 is 13.2. The van der Waals surface area contributed by atoms with Gasteiger partial charge in [-0.3, -0.25) is 14.4 Å². The predicted octanol–water partition coefficient (Wildman–Crippen LogP) is 4.02. The number of carbonyl (C=O) groups excluding carboxylic acids is 3. The number of halogens is 1. The topological polar surface area (TPSA) is 69.7 Å². The van der Waals surface area contributed by atoms with E-state index in [0.717, 1.165) is 17.5 Å². The fourth-order valence-corrected chi connectivity index (χ4v) is 4.57. The van der Waals surface area contributed by atoms with Crippen LogP contribution in [0.3, 0.4) is 0 Å². The summed E-state index contributed by atoms with van der Waals surface area (Å²) >= 11 is 0. The Hall–Kier alpha value is -4.00. The van der Waals surface area contributed by atoms with E-state index in [4.69, 9.17) is 0 Å². The molecule has 1 saturated heterocycles. The first kappa shape index (κ1) is 21.8. The highest BCUT2D eigenvalue weighted by Gasteiger charge is 2.35. The van der Waals surface area contributed by atoms with Crippen molar-refractivity contribution < 1.29 is 18.8 Å². The van der Waals surface area contributed by atoms with Crippen LogP contribution in [0.15, 0.2) is 72.8 Å². The molecule has 0 unspecified atom stereocenters. The molecule has 7 heteroatoms. The molecule has 2 aliphatic heterocycles. The van der Waals surface area contributed by atoms with Gasteiger partial charge in [-0.1, -0.05) is 24.3 Å². The molecule has 3 aromatic carbocycles. The number of hydrogen-bond acceptors (Lipinski definition) is 3. The molecular formula is C27H24FN3O3. The molecule has 3 aromatic rings. The summed E-state index contributed by atoms with van der Waals surface area (Å²) in [6.45, 7) is 1.38. The van der Waals surface area contributed by atoms with E-state index in [1.54, 1.807) is 12.1 Å². The maximum atomic E-state index is 13.2. The van der Waals surface area contributed by atoms with Crippen molar-refractivity contribution in [2.75, 3.05) is 23.3 Å². The van der Waals surface area contributed by atoms with Crippen molar-refractivity contribution >= 4 is 29.1 Å². The van der Waals surface area contributed by atoms with Crippen LogP contribution < -0.4 is 10.2 Å². The van der Waals surface area contributed by atoms with E-state index in [1.807, 2.05) is 53.4 Å². The molecule has 0 saturated carbocycles. The number of anilines is 2. The molecule has 6 nitrogen and oxygen atoms in total. The van der Waals surface area contributed by atoms with Crippen molar-refractivity contribution in [1.82, 2.24) is 4.90 Å². The highest BCUT2D eigenvalue weighted by atomic mass is 19.1. The molecule has 5 rings (SSSR count). The van der Waals surface area contributed by atoms with E-state index in [-0.39, 0.29) is 36.5 Å². The van der Waals surface area contributed by atoms with E-state index in [0.29, 0.717) is 30.0 Å². The minimum atomic E-state index is -0.496. The monoisotopic (exact) mass is 457 g/mol. The Balaban J connectivity index is 1.25. The molecule has 1 fully saturated rings. The molecule has 0 radical (unpaired) electrons. The van der Waals surface area contributed by atoms with Gasteiger partial charge >= 0.3 is 0 Å². The number of rotatable bonds is 4. The molecule has 0 aromatic heterocycles. The van der Waals surface area contributed by atoms with Gasteiger partial charge in [0.15, 0.2) is 0 Å². The van der Waals surface area contributed by atoms with Crippen LogP contribution in [0.2, 0.25) is 0 Å².